The van der Waals surface area contributed by atoms with Crippen LogP contribution >= 0.6 is 11.6 Å². The molecule has 2 unspecified atom stereocenters. The van der Waals surface area contributed by atoms with Crippen LogP contribution in [0.25, 0.3) is 11.1 Å². The number of nitrogens with zero attached hydrogens (tertiary/aromatic N) is 4. The van der Waals surface area contributed by atoms with Crippen LogP contribution in [0.3, 0.4) is 0 Å². The van der Waals surface area contributed by atoms with Crippen molar-refractivity contribution in [2.45, 2.75) is 57.7 Å². The molecular weight excluding hydrogens is 482 g/mol. The Labute approximate surface area is 197 Å². The molecular formula is C21H22ClF4N5O3. The topological polar surface area (TPSA) is 97.3 Å². The third-order valence-electron chi connectivity index (χ3n) is 4.75. The van der Waals surface area contributed by atoms with Crippen molar-refractivity contribution < 1.29 is 31.9 Å². The maximum atomic E-state index is 14.0. The zero-order valence-electron chi connectivity index (χ0n) is 18.5. The SMILES string of the molecule is CC(C)(C)OC(=O)N1CC(F)CC1C(=O)NCc1cc(-c2cnc(C(F)(F)F)nc2)c(Cl)cn1. The number of hydrogen-bond acceptors (Lipinski definition) is 6. The summed E-state index contributed by atoms with van der Waals surface area (Å²) in [6, 6.07) is 0.409. The average molecular weight is 504 g/mol. The number of hydrogen-bond donors (Lipinski definition) is 1. The lowest BCUT2D eigenvalue weighted by atomic mass is 10.1. The third kappa shape index (κ3) is 6.31. The first-order valence-electron chi connectivity index (χ1n) is 10.2. The van der Waals surface area contributed by atoms with E-state index in [-0.39, 0.29) is 30.1 Å². The molecule has 1 aliphatic rings. The van der Waals surface area contributed by atoms with Gasteiger partial charge in [-0.05, 0) is 26.8 Å². The van der Waals surface area contributed by atoms with Gasteiger partial charge in [-0.1, -0.05) is 11.6 Å². The summed E-state index contributed by atoms with van der Waals surface area (Å²) >= 11 is 6.12. The summed E-state index contributed by atoms with van der Waals surface area (Å²) in [6.07, 6.45) is -3.77. The Balaban J connectivity index is 1.70. The molecule has 8 nitrogen and oxygen atoms in total. The van der Waals surface area contributed by atoms with Crippen molar-refractivity contribution in [2.75, 3.05) is 6.54 Å². The number of alkyl halides is 4. The first-order chi connectivity index (χ1) is 15.7. The molecule has 0 radical (unpaired) electrons. The number of nitrogens with one attached hydrogen (secondary N) is 1. The number of ether oxygens (including phenoxy) is 1. The van der Waals surface area contributed by atoms with E-state index in [0.29, 0.717) is 11.3 Å². The van der Waals surface area contributed by atoms with Crippen molar-refractivity contribution in [1.82, 2.24) is 25.2 Å². The summed E-state index contributed by atoms with van der Waals surface area (Å²) in [7, 11) is 0. The van der Waals surface area contributed by atoms with Gasteiger partial charge in [0.1, 0.15) is 17.8 Å². The van der Waals surface area contributed by atoms with Crippen molar-refractivity contribution in [3.8, 4) is 11.1 Å². The highest BCUT2D eigenvalue weighted by Crippen LogP contribution is 2.30. The molecule has 1 fully saturated rings. The van der Waals surface area contributed by atoms with Gasteiger partial charge < -0.3 is 10.1 Å². The lowest BCUT2D eigenvalue weighted by Crippen LogP contribution is -2.47. The quantitative estimate of drug-likeness (QED) is 0.629. The Morgan fingerprint density at radius 1 is 1.18 bits per heavy atom. The second-order valence-electron chi connectivity index (χ2n) is 8.65. The average Bonchev–Trinajstić information content (AvgIpc) is 3.13. The van der Waals surface area contributed by atoms with E-state index in [1.807, 2.05) is 0 Å². The molecule has 2 amide bonds. The first kappa shape index (κ1) is 25.6. The lowest BCUT2D eigenvalue weighted by Gasteiger charge is -2.27. The van der Waals surface area contributed by atoms with Crippen LogP contribution in [0.1, 0.15) is 38.7 Å². The Morgan fingerprint density at radius 3 is 2.41 bits per heavy atom. The molecule has 13 heteroatoms. The Morgan fingerprint density at radius 2 is 1.82 bits per heavy atom. The van der Waals surface area contributed by atoms with E-state index in [1.165, 1.54) is 12.3 Å². The van der Waals surface area contributed by atoms with Crippen LogP contribution in [-0.2, 0) is 22.3 Å². The number of aromatic nitrogens is 3. The fourth-order valence-electron chi connectivity index (χ4n) is 3.26. The minimum atomic E-state index is -4.68. The standard InChI is InChI=1S/C21H22ClF4N5O3/c1-20(2,3)34-19(33)31-10-12(23)4-16(31)17(32)28-8-13-5-14(15(22)9-27-13)11-6-29-18(30-7-11)21(24,25)26/h5-7,9,12,16H,4,8,10H2,1-3H3,(H,28,32). The Kier molecular flexibility index (Phi) is 7.29. The highest BCUT2D eigenvalue weighted by molar-refractivity contribution is 6.33. The number of pyridine rings is 1. The van der Waals surface area contributed by atoms with E-state index >= 15 is 0 Å². The fraction of sp³-hybridized carbons (Fsp3) is 0.476. The van der Waals surface area contributed by atoms with Crippen LogP contribution in [0.2, 0.25) is 5.02 Å². The molecule has 0 aliphatic carbocycles. The van der Waals surface area contributed by atoms with E-state index < -0.39 is 41.8 Å². The van der Waals surface area contributed by atoms with E-state index in [2.05, 4.69) is 20.3 Å². The molecule has 2 aromatic heterocycles. The first-order valence-corrected chi connectivity index (χ1v) is 10.6. The van der Waals surface area contributed by atoms with Crippen molar-refractivity contribution in [3.05, 3.63) is 41.2 Å². The number of rotatable bonds is 4. The zero-order valence-corrected chi connectivity index (χ0v) is 19.2. The smallest absolute Gasteiger partial charge is 0.444 e. The second kappa shape index (κ2) is 9.69. The van der Waals surface area contributed by atoms with Gasteiger partial charge in [-0.3, -0.25) is 14.7 Å². The van der Waals surface area contributed by atoms with Crippen molar-refractivity contribution in [1.29, 1.82) is 0 Å². The predicted molar refractivity (Wildman–Crippen MR) is 113 cm³/mol. The van der Waals surface area contributed by atoms with E-state index in [0.717, 1.165) is 17.3 Å². The molecule has 0 aromatic carbocycles. The highest BCUT2D eigenvalue weighted by Gasteiger charge is 2.41. The van der Waals surface area contributed by atoms with Gasteiger partial charge in [0, 0.05) is 36.1 Å². The summed E-state index contributed by atoms with van der Waals surface area (Å²) in [4.78, 5) is 36.8. The molecule has 1 N–H and O–H groups in total. The van der Waals surface area contributed by atoms with Gasteiger partial charge in [0.25, 0.3) is 0 Å². The summed E-state index contributed by atoms with van der Waals surface area (Å²) in [6.45, 7) is 4.63. The molecule has 0 saturated carbocycles. The molecule has 0 spiro atoms. The van der Waals surface area contributed by atoms with Crippen LogP contribution in [0, 0.1) is 0 Å². The summed E-state index contributed by atoms with van der Waals surface area (Å²) in [5.41, 5.74) is 0.0548. The minimum Gasteiger partial charge on any atom is -0.444 e. The van der Waals surface area contributed by atoms with Gasteiger partial charge in [0.05, 0.1) is 23.8 Å². The number of likely N-dealkylation sites (tertiary alicyclic amines) is 1. The van der Waals surface area contributed by atoms with Crippen molar-refractivity contribution in [2.24, 2.45) is 0 Å². The summed E-state index contributed by atoms with van der Waals surface area (Å²) in [5, 5.41) is 2.74. The minimum absolute atomic E-state index is 0.0971. The number of amides is 2. The van der Waals surface area contributed by atoms with Gasteiger partial charge in [0.2, 0.25) is 11.7 Å². The van der Waals surface area contributed by atoms with Crippen molar-refractivity contribution >= 4 is 23.6 Å². The molecule has 3 rings (SSSR count). The summed E-state index contributed by atoms with van der Waals surface area (Å²) < 4.78 is 57.3. The van der Waals surface area contributed by atoms with Gasteiger partial charge in [-0.25, -0.2) is 19.2 Å². The summed E-state index contributed by atoms with van der Waals surface area (Å²) in [5.74, 6) is -1.88. The van der Waals surface area contributed by atoms with Crippen molar-refractivity contribution in [3.63, 3.8) is 0 Å². The molecule has 184 valence electrons. The number of halogens is 5. The highest BCUT2D eigenvalue weighted by atomic mass is 35.5. The van der Waals surface area contributed by atoms with E-state index in [1.54, 1.807) is 20.8 Å². The molecule has 3 heterocycles. The van der Waals surface area contributed by atoms with Crippen LogP contribution in [-0.4, -0.2) is 56.2 Å². The van der Waals surface area contributed by atoms with Crippen LogP contribution in [0.5, 0.6) is 0 Å². The maximum absolute atomic E-state index is 14.0. The monoisotopic (exact) mass is 503 g/mol. The molecule has 1 saturated heterocycles. The Bertz CT molecular complexity index is 1060. The second-order valence-corrected chi connectivity index (χ2v) is 9.06. The van der Waals surface area contributed by atoms with Gasteiger partial charge in [-0.2, -0.15) is 13.2 Å². The Hall–Kier alpha value is -3.02. The largest absolute Gasteiger partial charge is 0.451 e. The zero-order chi connectivity index (χ0) is 25.3. The van der Waals surface area contributed by atoms with Gasteiger partial charge >= 0.3 is 12.3 Å². The number of carbonyl (C=O) groups excluding carboxylic acids is 2. The van der Waals surface area contributed by atoms with E-state index in [9.17, 15) is 27.2 Å². The van der Waals surface area contributed by atoms with Crippen LogP contribution < -0.4 is 5.32 Å². The van der Waals surface area contributed by atoms with Gasteiger partial charge in [-0.15, -0.1) is 0 Å². The van der Waals surface area contributed by atoms with E-state index in [4.69, 9.17) is 16.3 Å². The molecule has 2 atom stereocenters. The molecule has 2 aromatic rings. The fourth-order valence-corrected chi connectivity index (χ4v) is 3.48. The number of carbonyl (C=O) groups is 2. The van der Waals surface area contributed by atoms with Crippen LogP contribution in [0.15, 0.2) is 24.7 Å². The third-order valence-corrected chi connectivity index (χ3v) is 5.05. The normalized spacial score (nSPS) is 18.6. The molecule has 1 aliphatic heterocycles. The van der Waals surface area contributed by atoms with Gasteiger partial charge in [0.15, 0.2) is 0 Å². The van der Waals surface area contributed by atoms with Crippen LogP contribution in [0.4, 0.5) is 22.4 Å². The maximum Gasteiger partial charge on any atom is 0.451 e. The molecule has 34 heavy (non-hydrogen) atoms. The lowest BCUT2D eigenvalue weighted by molar-refractivity contribution is -0.145. The predicted octanol–water partition coefficient (Wildman–Crippen LogP) is 4.17. The molecule has 0 bridgehead atoms.